The van der Waals surface area contributed by atoms with Crippen molar-refractivity contribution >= 4 is 0 Å². The van der Waals surface area contributed by atoms with E-state index in [0.717, 1.165) is 31.3 Å². The molecular weight excluding hydrogens is 308 g/mol. The molecule has 0 N–H and O–H groups in total. The van der Waals surface area contributed by atoms with E-state index in [1.165, 1.54) is 31.2 Å². The van der Waals surface area contributed by atoms with Gasteiger partial charge in [0.15, 0.2) is 0 Å². The van der Waals surface area contributed by atoms with Crippen LogP contribution in [0, 0.1) is 11.3 Å². The van der Waals surface area contributed by atoms with Crippen LogP contribution < -0.4 is 4.74 Å². The fourth-order valence-electron chi connectivity index (χ4n) is 3.65. The van der Waals surface area contributed by atoms with Gasteiger partial charge in [-0.25, -0.2) is 0 Å². The van der Waals surface area contributed by atoms with Gasteiger partial charge in [-0.2, -0.15) is 0 Å². The molecular formula is C23H38O2. The maximum absolute atomic E-state index is 6.07. The van der Waals surface area contributed by atoms with Crippen molar-refractivity contribution in [2.75, 3.05) is 13.2 Å². The van der Waals surface area contributed by atoms with Crippen molar-refractivity contribution in [3.8, 4) is 5.75 Å². The number of rotatable bonds is 6. The summed E-state index contributed by atoms with van der Waals surface area (Å²) in [5.41, 5.74) is 1.98. The Morgan fingerprint density at radius 3 is 1.96 bits per heavy atom. The first-order valence-electron chi connectivity index (χ1n) is 10.0. The van der Waals surface area contributed by atoms with E-state index < -0.39 is 0 Å². The predicted molar refractivity (Wildman–Crippen MR) is 106 cm³/mol. The molecule has 0 bridgehead atoms. The van der Waals surface area contributed by atoms with Crippen molar-refractivity contribution < 1.29 is 9.47 Å². The molecule has 1 aromatic rings. The summed E-state index contributed by atoms with van der Waals surface area (Å²) >= 11 is 0. The second-order valence-electron chi connectivity index (χ2n) is 9.69. The summed E-state index contributed by atoms with van der Waals surface area (Å²) in [5.74, 6) is 1.81. The molecule has 0 radical (unpaired) electrons. The van der Waals surface area contributed by atoms with Crippen LogP contribution >= 0.6 is 0 Å². The molecule has 1 fully saturated rings. The second-order valence-corrected chi connectivity index (χ2v) is 9.69. The zero-order valence-electron chi connectivity index (χ0n) is 17.2. The third-order valence-electron chi connectivity index (χ3n) is 5.53. The van der Waals surface area contributed by atoms with E-state index in [0.29, 0.717) is 11.5 Å². The normalized spacial score (nSPS) is 22.0. The van der Waals surface area contributed by atoms with Gasteiger partial charge in [0.05, 0.1) is 19.3 Å². The average molecular weight is 347 g/mol. The molecule has 2 nitrogen and oxygen atoms in total. The highest BCUT2D eigenvalue weighted by atomic mass is 16.5. The molecule has 142 valence electrons. The summed E-state index contributed by atoms with van der Waals surface area (Å²) < 4.78 is 11.9. The summed E-state index contributed by atoms with van der Waals surface area (Å²) in [6.45, 7) is 15.3. The van der Waals surface area contributed by atoms with Crippen LogP contribution in [0.1, 0.15) is 79.2 Å². The first-order valence-corrected chi connectivity index (χ1v) is 10.0. The van der Waals surface area contributed by atoms with Crippen molar-refractivity contribution in [2.45, 2.75) is 85.2 Å². The van der Waals surface area contributed by atoms with Gasteiger partial charge in [-0.3, -0.25) is 0 Å². The van der Waals surface area contributed by atoms with E-state index in [2.05, 4.69) is 65.8 Å². The molecule has 2 heteroatoms. The standard InChI is InChI=1S/C23H38O2/c1-22(2,3)18-8-12-20(13-9-18)24-16-7-17-25-21-14-10-19(11-15-21)23(4,5)6/h8-9,12-13,19,21H,7,10-11,14-17H2,1-6H3. The molecule has 0 aromatic heterocycles. The summed E-state index contributed by atoms with van der Waals surface area (Å²) in [7, 11) is 0. The Labute approximate surface area is 155 Å². The summed E-state index contributed by atoms with van der Waals surface area (Å²) in [5, 5.41) is 0. The number of ether oxygens (including phenoxy) is 2. The SMILES string of the molecule is CC(C)(C)c1ccc(OCCCOC2CCC(C(C)(C)C)CC2)cc1. The van der Waals surface area contributed by atoms with E-state index in [4.69, 9.17) is 9.47 Å². The van der Waals surface area contributed by atoms with Gasteiger partial charge >= 0.3 is 0 Å². The van der Waals surface area contributed by atoms with Gasteiger partial charge < -0.3 is 9.47 Å². The molecule has 25 heavy (non-hydrogen) atoms. The lowest BCUT2D eigenvalue weighted by atomic mass is 9.72. The highest BCUT2D eigenvalue weighted by Gasteiger charge is 2.29. The first-order chi connectivity index (χ1) is 11.7. The molecule has 1 aromatic carbocycles. The van der Waals surface area contributed by atoms with Crippen LogP contribution in [0.5, 0.6) is 5.75 Å². The van der Waals surface area contributed by atoms with Gasteiger partial charge in [0.2, 0.25) is 0 Å². The van der Waals surface area contributed by atoms with Crippen molar-refractivity contribution in [1.29, 1.82) is 0 Å². The van der Waals surface area contributed by atoms with Crippen LogP contribution in [0.25, 0.3) is 0 Å². The monoisotopic (exact) mass is 346 g/mol. The molecule has 0 heterocycles. The summed E-state index contributed by atoms with van der Waals surface area (Å²) in [6.07, 6.45) is 6.48. The molecule has 0 unspecified atom stereocenters. The second kappa shape index (κ2) is 8.58. The van der Waals surface area contributed by atoms with Crippen molar-refractivity contribution in [3.05, 3.63) is 29.8 Å². The summed E-state index contributed by atoms with van der Waals surface area (Å²) in [6, 6.07) is 8.49. The highest BCUT2D eigenvalue weighted by Crippen LogP contribution is 2.38. The first kappa shape index (κ1) is 20.3. The largest absolute Gasteiger partial charge is 0.494 e. The minimum atomic E-state index is 0.193. The Bertz CT molecular complexity index is 496. The molecule has 0 saturated heterocycles. The van der Waals surface area contributed by atoms with E-state index in [1.54, 1.807) is 0 Å². The molecule has 1 aliphatic rings. The number of hydrogen-bond acceptors (Lipinski definition) is 2. The Morgan fingerprint density at radius 1 is 0.840 bits per heavy atom. The highest BCUT2D eigenvalue weighted by molar-refractivity contribution is 5.31. The zero-order valence-corrected chi connectivity index (χ0v) is 17.2. The fraction of sp³-hybridized carbons (Fsp3) is 0.739. The van der Waals surface area contributed by atoms with Crippen LogP contribution in [0.3, 0.4) is 0 Å². The lowest BCUT2D eigenvalue weighted by Crippen LogP contribution is -2.29. The molecule has 1 saturated carbocycles. The molecule has 2 rings (SSSR count). The molecule has 0 amide bonds. The fourth-order valence-corrected chi connectivity index (χ4v) is 3.65. The number of hydrogen-bond donors (Lipinski definition) is 0. The lowest BCUT2D eigenvalue weighted by molar-refractivity contribution is -0.000268. The van der Waals surface area contributed by atoms with Gasteiger partial charge in [0.1, 0.15) is 5.75 Å². The van der Waals surface area contributed by atoms with E-state index >= 15 is 0 Å². The number of benzene rings is 1. The topological polar surface area (TPSA) is 18.5 Å². The van der Waals surface area contributed by atoms with Crippen molar-refractivity contribution in [3.63, 3.8) is 0 Å². The van der Waals surface area contributed by atoms with Crippen LogP contribution in [0.4, 0.5) is 0 Å². The Morgan fingerprint density at radius 2 is 1.44 bits per heavy atom. The maximum Gasteiger partial charge on any atom is 0.119 e. The zero-order chi connectivity index (χ0) is 18.5. The molecule has 0 aliphatic heterocycles. The van der Waals surface area contributed by atoms with Gasteiger partial charge in [-0.05, 0) is 60.1 Å². The van der Waals surface area contributed by atoms with E-state index in [9.17, 15) is 0 Å². The van der Waals surface area contributed by atoms with Gasteiger partial charge in [0, 0.05) is 6.42 Å². The molecule has 0 atom stereocenters. The van der Waals surface area contributed by atoms with Crippen molar-refractivity contribution in [2.24, 2.45) is 11.3 Å². The minimum Gasteiger partial charge on any atom is -0.494 e. The van der Waals surface area contributed by atoms with Crippen LogP contribution in [0.2, 0.25) is 0 Å². The molecule has 0 spiro atoms. The van der Waals surface area contributed by atoms with E-state index in [-0.39, 0.29) is 5.41 Å². The third kappa shape index (κ3) is 6.66. The maximum atomic E-state index is 6.07. The lowest BCUT2D eigenvalue weighted by Gasteiger charge is -2.36. The minimum absolute atomic E-state index is 0.193. The summed E-state index contributed by atoms with van der Waals surface area (Å²) in [4.78, 5) is 0. The van der Waals surface area contributed by atoms with Crippen LogP contribution in [-0.4, -0.2) is 19.3 Å². The quantitative estimate of drug-likeness (QED) is 0.557. The Hall–Kier alpha value is -1.02. The Balaban J connectivity index is 1.60. The Kier molecular flexibility index (Phi) is 6.96. The van der Waals surface area contributed by atoms with Gasteiger partial charge in [-0.15, -0.1) is 0 Å². The third-order valence-corrected chi connectivity index (χ3v) is 5.53. The van der Waals surface area contributed by atoms with Gasteiger partial charge in [-0.1, -0.05) is 53.7 Å². The average Bonchev–Trinajstić information content (AvgIpc) is 2.54. The van der Waals surface area contributed by atoms with Crippen molar-refractivity contribution in [1.82, 2.24) is 0 Å². The van der Waals surface area contributed by atoms with Crippen LogP contribution in [-0.2, 0) is 10.2 Å². The van der Waals surface area contributed by atoms with E-state index in [1.807, 2.05) is 0 Å². The van der Waals surface area contributed by atoms with Gasteiger partial charge in [0.25, 0.3) is 0 Å². The smallest absolute Gasteiger partial charge is 0.119 e. The predicted octanol–water partition coefficient (Wildman–Crippen LogP) is 6.37. The van der Waals surface area contributed by atoms with Crippen LogP contribution in [0.15, 0.2) is 24.3 Å². The molecule has 1 aliphatic carbocycles.